The van der Waals surface area contributed by atoms with Crippen molar-refractivity contribution in [1.29, 1.82) is 0 Å². The van der Waals surface area contributed by atoms with E-state index in [-0.39, 0.29) is 0 Å². The minimum atomic E-state index is 1.05. The van der Waals surface area contributed by atoms with Crippen LogP contribution in [0.2, 0.25) is 0 Å². The zero-order chi connectivity index (χ0) is 20.1. The molecule has 1 heterocycles. The SMILES string of the molecule is CCCCCCc1ccc(-c2cccc(-c3nc4ccccc4cc3C)c2)cc1. The minimum Gasteiger partial charge on any atom is -0.248 e. The molecule has 0 bridgehead atoms. The zero-order valence-electron chi connectivity index (χ0n) is 17.5. The number of hydrogen-bond acceptors (Lipinski definition) is 1. The van der Waals surface area contributed by atoms with Crippen LogP contribution in [0.4, 0.5) is 0 Å². The van der Waals surface area contributed by atoms with E-state index in [1.54, 1.807) is 0 Å². The number of para-hydroxylation sites is 1. The highest BCUT2D eigenvalue weighted by atomic mass is 14.7. The van der Waals surface area contributed by atoms with Crippen molar-refractivity contribution in [2.24, 2.45) is 0 Å². The Bertz CT molecular complexity index is 1090. The summed E-state index contributed by atoms with van der Waals surface area (Å²) in [5.41, 5.74) is 8.45. The average Bonchev–Trinajstić information content (AvgIpc) is 2.77. The minimum absolute atomic E-state index is 1.05. The lowest BCUT2D eigenvalue weighted by Gasteiger charge is -2.10. The monoisotopic (exact) mass is 379 g/mol. The van der Waals surface area contributed by atoms with Crippen LogP contribution in [0.25, 0.3) is 33.3 Å². The van der Waals surface area contributed by atoms with E-state index in [0.29, 0.717) is 0 Å². The fourth-order valence-corrected chi connectivity index (χ4v) is 3.98. The highest BCUT2D eigenvalue weighted by molar-refractivity contribution is 5.84. The van der Waals surface area contributed by atoms with Gasteiger partial charge in [-0.2, -0.15) is 0 Å². The largest absolute Gasteiger partial charge is 0.248 e. The van der Waals surface area contributed by atoms with Crippen molar-refractivity contribution in [2.45, 2.75) is 46.0 Å². The summed E-state index contributed by atoms with van der Waals surface area (Å²) >= 11 is 0. The summed E-state index contributed by atoms with van der Waals surface area (Å²) in [6.07, 6.45) is 6.43. The molecular formula is C28H29N. The Kier molecular flexibility index (Phi) is 6.05. The van der Waals surface area contributed by atoms with E-state index in [4.69, 9.17) is 4.98 Å². The maximum absolute atomic E-state index is 4.94. The molecule has 29 heavy (non-hydrogen) atoms. The Hall–Kier alpha value is -2.93. The standard InChI is InChI=1S/C28H29N/c1-3-4-5-6-10-22-15-17-23(18-16-22)24-12-9-13-26(20-24)28-21(2)19-25-11-7-8-14-27(25)29-28/h7-9,11-20H,3-6,10H2,1-2H3. The maximum Gasteiger partial charge on any atom is 0.0739 e. The van der Waals surface area contributed by atoms with Crippen LogP contribution < -0.4 is 0 Å². The molecule has 0 unspecified atom stereocenters. The molecule has 0 amide bonds. The van der Waals surface area contributed by atoms with Crippen molar-refractivity contribution >= 4 is 10.9 Å². The third-order valence-corrected chi connectivity index (χ3v) is 5.66. The van der Waals surface area contributed by atoms with Gasteiger partial charge in [0.05, 0.1) is 11.2 Å². The van der Waals surface area contributed by atoms with Crippen molar-refractivity contribution in [3.8, 4) is 22.4 Å². The molecule has 0 N–H and O–H groups in total. The average molecular weight is 380 g/mol. The molecule has 1 aromatic heterocycles. The Morgan fingerprint density at radius 2 is 1.48 bits per heavy atom. The fourth-order valence-electron chi connectivity index (χ4n) is 3.98. The summed E-state index contributed by atoms with van der Waals surface area (Å²) in [6.45, 7) is 4.41. The number of fused-ring (bicyclic) bond motifs is 1. The molecule has 146 valence electrons. The maximum atomic E-state index is 4.94. The first kappa shape index (κ1) is 19.4. The first-order valence-corrected chi connectivity index (χ1v) is 10.8. The van der Waals surface area contributed by atoms with Gasteiger partial charge in [-0.25, -0.2) is 4.98 Å². The molecular weight excluding hydrogens is 350 g/mol. The van der Waals surface area contributed by atoms with Crippen LogP contribution in [-0.4, -0.2) is 4.98 Å². The van der Waals surface area contributed by atoms with E-state index in [1.807, 2.05) is 0 Å². The topological polar surface area (TPSA) is 12.9 Å². The summed E-state index contributed by atoms with van der Waals surface area (Å²) in [6, 6.07) is 28.4. The van der Waals surface area contributed by atoms with E-state index in [2.05, 4.69) is 92.7 Å². The molecule has 0 saturated heterocycles. The molecule has 0 aliphatic heterocycles. The van der Waals surface area contributed by atoms with Crippen molar-refractivity contribution < 1.29 is 0 Å². The van der Waals surface area contributed by atoms with Crippen LogP contribution in [0.3, 0.4) is 0 Å². The number of pyridine rings is 1. The van der Waals surface area contributed by atoms with Gasteiger partial charge >= 0.3 is 0 Å². The molecule has 0 radical (unpaired) electrons. The molecule has 0 spiro atoms. The molecule has 4 rings (SSSR count). The Labute approximate surface area is 174 Å². The Morgan fingerprint density at radius 3 is 2.31 bits per heavy atom. The van der Waals surface area contributed by atoms with Gasteiger partial charge in [0.2, 0.25) is 0 Å². The van der Waals surface area contributed by atoms with E-state index in [1.165, 1.54) is 65.3 Å². The number of benzene rings is 3. The van der Waals surface area contributed by atoms with Crippen LogP contribution in [0.5, 0.6) is 0 Å². The quantitative estimate of drug-likeness (QED) is 0.296. The molecule has 1 nitrogen and oxygen atoms in total. The van der Waals surface area contributed by atoms with Crippen molar-refractivity contribution in [1.82, 2.24) is 4.98 Å². The third-order valence-electron chi connectivity index (χ3n) is 5.66. The Balaban J connectivity index is 1.58. The predicted octanol–water partition coefficient (Wildman–Crippen LogP) is 8.00. The first-order valence-electron chi connectivity index (χ1n) is 10.8. The summed E-state index contributed by atoms with van der Waals surface area (Å²) < 4.78 is 0. The second kappa shape index (κ2) is 9.05. The van der Waals surface area contributed by atoms with Gasteiger partial charge in [-0.1, -0.05) is 86.8 Å². The van der Waals surface area contributed by atoms with Gasteiger partial charge in [-0.05, 0) is 60.2 Å². The highest BCUT2D eigenvalue weighted by Gasteiger charge is 2.08. The molecule has 0 fully saturated rings. The number of aryl methyl sites for hydroxylation is 2. The number of hydrogen-bond donors (Lipinski definition) is 0. The third kappa shape index (κ3) is 4.56. The second-order valence-corrected chi connectivity index (χ2v) is 7.93. The van der Waals surface area contributed by atoms with Crippen LogP contribution in [0, 0.1) is 6.92 Å². The number of unbranched alkanes of at least 4 members (excludes halogenated alkanes) is 3. The number of rotatable bonds is 7. The van der Waals surface area contributed by atoms with Crippen LogP contribution in [0.15, 0.2) is 78.9 Å². The van der Waals surface area contributed by atoms with Gasteiger partial charge in [-0.3, -0.25) is 0 Å². The Morgan fingerprint density at radius 1 is 0.690 bits per heavy atom. The van der Waals surface area contributed by atoms with E-state index >= 15 is 0 Å². The van der Waals surface area contributed by atoms with Gasteiger partial charge in [0.25, 0.3) is 0 Å². The van der Waals surface area contributed by atoms with Gasteiger partial charge in [-0.15, -0.1) is 0 Å². The van der Waals surface area contributed by atoms with E-state index < -0.39 is 0 Å². The van der Waals surface area contributed by atoms with Gasteiger partial charge in [0.1, 0.15) is 0 Å². The molecule has 0 saturated carbocycles. The highest BCUT2D eigenvalue weighted by Crippen LogP contribution is 2.29. The number of nitrogens with zero attached hydrogens (tertiary/aromatic N) is 1. The normalized spacial score (nSPS) is 11.1. The molecule has 4 aromatic rings. The van der Waals surface area contributed by atoms with Crippen LogP contribution >= 0.6 is 0 Å². The molecule has 0 atom stereocenters. The predicted molar refractivity (Wildman–Crippen MR) is 125 cm³/mol. The summed E-state index contributed by atoms with van der Waals surface area (Å²) in [5.74, 6) is 0. The lowest BCUT2D eigenvalue weighted by atomic mass is 9.97. The first-order chi connectivity index (χ1) is 14.2. The molecule has 0 aliphatic carbocycles. The van der Waals surface area contributed by atoms with Crippen LogP contribution in [-0.2, 0) is 6.42 Å². The lowest BCUT2D eigenvalue weighted by molar-refractivity contribution is 0.667. The van der Waals surface area contributed by atoms with Gasteiger partial charge in [0, 0.05) is 10.9 Å². The molecule has 1 heteroatoms. The fraction of sp³-hybridized carbons (Fsp3) is 0.250. The van der Waals surface area contributed by atoms with Crippen molar-refractivity contribution in [2.75, 3.05) is 0 Å². The zero-order valence-corrected chi connectivity index (χ0v) is 17.5. The van der Waals surface area contributed by atoms with Crippen molar-refractivity contribution in [3.05, 3.63) is 90.0 Å². The van der Waals surface area contributed by atoms with E-state index in [0.717, 1.165) is 11.2 Å². The van der Waals surface area contributed by atoms with Gasteiger partial charge < -0.3 is 0 Å². The summed E-state index contributed by atoms with van der Waals surface area (Å²) in [4.78, 5) is 4.94. The van der Waals surface area contributed by atoms with Gasteiger partial charge in [0.15, 0.2) is 0 Å². The summed E-state index contributed by atoms with van der Waals surface area (Å²) in [7, 11) is 0. The van der Waals surface area contributed by atoms with E-state index in [9.17, 15) is 0 Å². The lowest BCUT2D eigenvalue weighted by Crippen LogP contribution is -1.91. The van der Waals surface area contributed by atoms with Crippen LogP contribution in [0.1, 0.15) is 43.7 Å². The second-order valence-electron chi connectivity index (χ2n) is 7.93. The smallest absolute Gasteiger partial charge is 0.0739 e. The molecule has 3 aromatic carbocycles. The number of aromatic nitrogens is 1. The van der Waals surface area contributed by atoms with Crippen molar-refractivity contribution in [3.63, 3.8) is 0 Å². The summed E-state index contributed by atoms with van der Waals surface area (Å²) in [5, 5.41) is 1.19. The molecule has 0 aliphatic rings.